The van der Waals surface area contributed by atoms with E-state index in [-0.39, 0.29) is 12.2 Å². The first-order valence-electron chi connectivity index (χ1n) is 5.18. The highest BCUT2D eigenvalue weighted by Gasteiger charge is 2.06. The van der Waals surface area contributed by atoms with Crippen molar-refractivity contribution in [2.45, 2.75) is 19.9 Å². The van der Waals surface area contributed by atoms with Crippen LogP contribution in [0.25, 0.3) is 0 Å². The van der Waals surface area contributed by atoms with E-state index in [4.69, 9.17) is 5.11 Å². The lowest BCUT2D eigenvalue weighted by Gasteiger charge is -2.16. The van der Waals surface area contributed by atoms with E-state index < -0.39 is 5.97 Å². The highest BCUT2D eigenvalue weighted by Crippen LogP contribution is 2.19. The van der Waals surface area contributed by atoms with Crippen LogP contribution < -0.4 is 0 Å². The van der Waals surface area contributed by atoms with Crippen LogP contribution in [0.4, 0.5) is 0 Å². The molecule has 0 heterocycles. The molecule has 4 nitrogen and oxygen atoms in total. The van der Waals surface area contributed by atoms with Crippen LogP contribution in [0.2, 0.25) is 0 Å². The van der Waals surface area contributed by atoms with Gasteiger partial charge >= 0.3 is 5.97 Å². The molecule has 0 aliphatic carbocycles. The van der Waals surface area contributed by atoms with Gasteiger partial charge < -0.3 is 15.1 Å². The summed E-state index contributed by atoms with van der Waals surface area (Å²) < 4.78 is 0. The van der Waals surface area contributed by atoms with Crippen molar-refractivity contribution in [2.24, 2.45) is 0 Å². The molecule has 0 unspecified atom stereocenters. The van der Waals surface area contributed by atoms with Gasteiger partial charge in [0.25, 0.3) is 0 Å². The summed E-state index contributed by atoms with van der Waals surface area (Å²) in [6, 6.07) is 5.42. The molecule has 0 saturated heterocycles. The summed E-state index contributed by atoms with van der Waals surface area (Å²) >= 11 is 0. The quantitative estimate of drug-likeness (QED) is 0.796. The SMILES string of the molecule is Cc1ccc(O)c(CN(C)CCC(=O)O)c1. The fourth-order valence-corrected chi connectivity index (χ4v) is 1.50. The number of carbonyl (C=O) groups is 1. The van der Waals surface area contributed by atoms with Crippen LogP contribution in [-0.4, -0.2) is 34.7 Å². The molecule has 1 aromatic rings. The Morgan fingerprint density at radius 2 is 2.12 bits per heavy atom. The molecule has 0 fully saturated rings. The fraction of sp³-hybridized carbons (Fsp3) is 0.417. The van der Waals surface area contributed by atoms with Crippen molar-refractivity contribution in [3.05, 3.63) is 29.3 Å². The summed E-state index contributed by atoms with van der Waals surface area (Å²) in [5, 5.41) is 18.2. The van der Waals surface area contributed by atoms with Crippen LogP contribution in [0.3, 0.4) is 0 Å². The van der Waals surface area contributed by atoms with Crippen LogP contribution in [0, 0.1) is 6.92 Å². The maximum Gasteiger partial charge on any atom is 0.304 e. The van der Waals surface area contributed by atoms with E-state index in [1.165, 1.54) is 0 Å². The zero-order chi connectivity index (χ0) is 12.1. The number of hydrogen-bond donors (Lipinski definition) is 2. The molecule has 0 spiro atoms. The van der Waals surface area contributed by atoms with Gasteiger partial charge in [-0.3, -0.25) is 4.79 Å². The van der Waals surface area contributed by atoms with E-state index in [1.807, 2.05) is 31.0 Å². The number of carboxylic acids is 1. The average molecular weight is 223 g/mol. The van der Waals surface area contributed by atoms with Crippen molar-refractivity contribution in [1.82, 2.24) is 4.90 Å². The lowest BCUT2D eigenvalue weighted by Crippen LogP contribution is -2.21. The van der Waals surface area contributed by atoms with Crippen molar-refractivity contribution in [3.8, 4) is 5.75 Å². The van der Waals surface area contributed by atoms with Crippen molar-refractivity contribution < 1.29 is 15.0 Å². The third-order valence-corrected chi connectivity index (χ3v) is 2.38. The maximum absolute atomic E-state index is 10.4. The number of phenols is 1. The molecule has 0 radical (unpaired) electrons. The molecule has 2 N–H and O–H groups in total. The predicted molar refractivity (Wildman–Crippen MR) is 61.4 cm³/mol. The number of benzene rings is 1. The zero-order valence-corrected chi connectivity index (χ0v) is 9.60. The smallest absolute Gasteiger partial charge is 0.304 e. The molecule has 16 heavy (non-hydrogen) atoms. The number of carboxylic acid groups (broad SMARTS) is 1. The first-order chi connectivity index (χ1) is 7.49. The molecule has 88 valence electrons. The molecule has 0 aliphatic rings. The van der Waals surface area contributed by atoms with Crippen LogP contribution >= 0.6 is 0 Å². The Morgan fingerprint density at radius 3 is 2.75 bits per heavy atom. The lowest BCUT2D eigenvalue weighted by molar-refractivity contribution is -0.137. The van der Waals surface area contributed by atoms with Gasteiger partial charge in [-0.1, -0.05) is 17.7 Å². The van der Waals surface area contributed by atoms with Crippen LogP contribution in [0.1, 0.15) is 17.5 Å². The van der Waals surface area contributed by atoms with Gasteiger partial charge in [-0.2, -0.15) is 0 Å². The molecule has 0 bridgehead atoms. The summed E-state index contributed by atoms with van der Waals surface area (Å²) in [7, 11) is 1.84. The third-order valence-electron chi connectivity index (χ3n) is 2.38. The van der Waals surface area contributed by atoms with Gasteiger partial charge in [0, 0.05) is 18.7 Å². The van der Waals surface area contributed by atoms with Gasteiger partial charge in [0.05, 0.1) is 6.42 Å². The topological polar surface area (TPSA) is 60.8 Å². The van der Waals surface area contributed by atoms with Gasteiger partial charge in [0.15, 0.2) is 0 Å². The van der Waals surface area contributed by atoms with Gasteiger partial charge in [-0.15, -0.1) is 0 Å². The maximum atomic E-state index is 10.4. The third kappa shape index (κ3) is 3.90. The second-order valence-corrected chi connectivity index (χ2v) is 4.01. The minimum Gasteiger partial charge on any atom is -0.508 e. The van der Waals surface area contributed by atoms with Crippen molar-refractivity contribution >= 4 is 5.97 Å². The highest BCUT2D eigenvalue weighted by molar-refractivity contribution is 5.66. The minimum atomic E-state index is -0.805. The molecule has 0 saturated carbocycles. The Balaban J connectivity index is 2.58. The fourth-order valence-electron chi connectivity index (χ4n) is 1.50. The average Bonchev–Trinajstić information content (AvgIpc) is 2.20. The van der Waals surface area contributed by atoms with E-state index in [2.05, 4.69) is 0 Å². The van der Waals surface area contributed by atoms with Crippen LogP contribution in [-0.2, 0) is 11.3 Å². The molecule has 0 atom stereocenters. The minimum absolute atomic E-state index is 0.114. The summed E-state index contributed by atoms with van der Waals surface area (Å²) in [5.74, 6) is -0.548. The largest absolute Gasteiger partial charge is 0.508 e. The van der Waals surface area contributed by atoms with Gasteiger partial charge in [0.2, 0.25) is 0 Å². The van der Waals surface area contributed by atoms with E-state index in [9.17, 15) is 9.90 Å². The van der Waals surface area contributed by atoms with Crippen molar-refractivity contribution in [2.75, 3.05) is 13.6 Å². The number of aryl methyl sites for hydroxylation is 1. The van der Waals surface area contributed by atoms with E-state index >= 15 is 0 Å². The molecule has 0 aromatic heterocycles. The zero-order valence-electron chi connectivity index (χ0n) is 9.60. The van der Waals surface area contributed by atoms with E-state index in [0.29, 0.717) is 13.1 Å². The Labute approximate surface area is 95.1 Å². The number of phenolic OH excluding ortho intramolecular Hbond substituents is 1. The Kier molecular flexibility index (Phi) is 4.31. The Morgan fingerprint density at radius 1 is 1.44 bits per heavy atom. The van der Waals surface area contributed by atoms with Crippen LogP contribution in [0.15, 0.2) is 18.2 Å². The second-order valence-electron chi connectivity index (χ2n) is 4.01. The first-order valence-corrected chi connectivity index (χ1v) is 5.18. The lowest BCUT2D eigenvalue weighted by atomic mass is 10.1. The highest BCUT2D eigenvalue weighted by atomic mass is 16.4. The van der Waals surface area contributed by atoms with Gasteiger partial charge in [-0.05, 0) is 20.0 Å². The molecular formula is C12H17NO3. The molecule has 0 amide bonds. The van der Waals surface area contributed by atoms with Crippen molar-refractivity contribution in [1.29, 1.82) is 0 Å². The standard InChI is InChI=1S/C12H17NO3/c1-9-3-4-11(14)10(7-9)8-13(2)6-5-12(15)16/h3-4,7,14H,5-6,8H2,1-2H3,(H,15,16). The number of hydrogen-bond acceptors (Lipinski definition) is 3. The summed E-state index contributed by atoms with van der Waals surface area (Å²) in [5.41, 5.74) is 1.91. The first kappa shape index (κ1) is 12.5. The number of rotatable bonds is 5. The normalized spacial score (nSPS) is 10.7. The number of aliphatic carboxylic acids is 1. The second kappa shape index (κ2) is 5.51. The predicted octanol–water partition coefficient (Wildman–Crippen LogP) is 1.61. The Bertz CT molecular complexity index is 377. The summed E-state index contributed by atoms with van der Waals surface area (Å²) in [6.07, 6.45) is 0.114. The Hall–Kier alpha value is -1.55. The molecule has 0 aliphatic heterocycles. The van der Waals surface area contributed by atoms with E-state index in [0.717, 1.165) is 11.1 Å². The van der Waals surface area contributed by atoms with Crippen LogP contribution in [0.5, 0.6) is 5.75 Å². The molecule has 1 aromatic carbocycles. The molecule has 1 rings (SSSR count). The molecular weight excluding hydrogens is 206 g/mol. The number of aromatic hydroxyl groups is 1. The van der Waals surface area contributed by atoms with E-state index in [1.54, 1.807) is 6.07 Å². The van der Waals surface area contributed by atoms with Gasteiger partial charge in [0.1, 0.15) is 5.75 Å². The summed E-state index contributed by atoms with van der Waals surface area (Å²) in [6.45, 7) is 2.99. The monoisotopic (exact) mass is 223 g/mol. The van der Waals surface area contributed by atoms with Crippen molar-refractivity contribution in [3.63, 3.8) is 0 Å². The van der Waals surface area contributed by atoms with Gasteiger partial charge in [-0.25, -0.2) is 0 Å². The summed E-state index contributed by atoms with van der Waals surface area (Å²) in [4.78, 5) is 12.3. The number of nitrogens with zero attached hydrogens (tertiary/aromatic N) is 1. The molecule has 4 heteroatoms.